The van der Waals surface area contributed by atoms with Crippen LogP contribution in [-0.4, -0.2) is 18.1 Å². The largest absolute Gasteiger partial charge is 0.507 e. The van der Waals surface area contributed by atoms with Gasteiger partial charge >= 0.3 is 0 Å². The number of benzene rings is 3. The van der Waals surface area contributed by atoms with Crippen LogP contribution in [0.15, 0.2) is 66.2 Å². The first-order valence-electron chi connectivity index (χ1n) is 7.90. The quantitative estimate of drug-likeness (QED) is 0.551. The number of phenolic OH excluding ortho intramolecular Hbond substituents is 1. The Morgan fingerprint density at radius 2 is 1.92 bits per heavy atom. The van der Waals surface area contributed by atoms with E-state index in [0.717, 1.165) is 10.8 Å². The minimum atomic E-state index is -0.550. The zero-order chi connectivity index (χ0) is 18.5. The van der Waals surface area contributed by atoms with Gasteiger partial charge in [-0.05, 0) is 35.7 Å². The molecule has 128 valence electrons. The summed E-state index contributed by atoms with van der Waals surface area (Å²) in [6.07, 6.45) is 1.33. The third-order valence-electron chi connectivity index (χ3n) is 3.94. The summed E-state index contributed by atoms with van der Waals surface area (Å²) in [5.74, 6) is -0.0802. The highest BCUT2D eigenvalue weighted by Crippen LogP contribution is 2.26. The second-order valence-electron chi connectivity index (χ2n) is 5.58. The number of anilines is 1. The van der Waals surface area contributed by atoms with E-state index < -0.39 is 5.91 Å². The Morgan fingerprint density at radius 1 is 1.15 bits per heavy atom. The molecule has 3 rings (SSSR count). The van der Waals surface area contributed by atoms with Crippen molar-refractivity contribution in [2.24, 2.45) is 0 Å². The number of hydrogen-bond acceptors (Lipinski definition) is 4. The summed E-state index contributed by atoms with van der Waals surface area (Å²) in [7, 11) is 1.50. The number of ether oxygens (including phenoxy) is 1. The molecule has 0 spiro atoms. The lowest BCUT2D eigenvalue weighted by molar-refractivity contribution is -0.112. The number of nitrogens with one attached hydrogen (secondary N) is 1. The summed E-state index contributed by atoms with van der Waals surface area (Å²) < 4.78 is 5.11. The van der Waals surface area contributed by atoms with Gasteiger partial charge < -0.3 is 15.2 Å². The average Bonchev–Trinajstić information content (AvgIpc) is 2.67. The van der Waals surface area contributed by atoms with Gasteiger partial charge in [0, 0.05) is 16.6 Å². The zero-order valence-electron chi connectivity index (χ0n) is 14.1. The number of aromatic hydroxyl groups is 1. The lowest BCUT2D eigenvalue weighted by atomic mass is 10.1. The van der Waals surface area contributed by atoms with Crippen molar-refractivity contribution in [3.05, 3.63) is 71.8 Å². The number of fused-ring (bicyclic) bond motifs is 1. The molecule has 0 atom stereocenters. The van der Waals surface area contributed by atoms with Crippen LogP contribution in [0.3, 0.4) is 0 Å². The number of methoxy groups -OCH3 is 1. The Hall–Kier alpha value is -3.78. The Kier molecular flexibility index (Phi) is 4.86. The van der Waals surface area contributed by atoms with Gasteiger partial charge in [-0.25, -0.2) is 0 Å². The summed E-state index contributed by atoms with van der Waals surface area (Å²) in [5.41, 5.74) is 0.819. The molecular weight excluding hydrogens is 328 g/mol. The average molecular weight is 344 g/mol. The molecule has 3 aromatic carbocycles. The monoisotopic (exact) mass is 344 g/mol. The van der Waals surface area contributed by atoms with E-state index in [2.05, 4.69) is 5.32 Å². The Labute approximate surface area is 150 Å². The molecule has 0 aliphatic heterocycles. The van der Waals surface area contributed by atoms with E-state index in [1.165, 1.54) is 19.3 Å². The summed E-state index contributed by atoms with van der Waals surface area (Å²) in [6, 6.07) is 19.7. The zero-order valence-corrected chi connectivity index (χ0v) is 14.1. The molecule has 0 aliphatic rings. The van der Waals surface area contributed by atoms with Crippen LogP contribution >= 0.6 is 0 Å². The van der Waals surface area contributed by atoms with E-state index in [1.807, 2.05) is 42.5 Å². The molecule has 0 bridgehead atoms. The normalized spacial score (nSPS) is 11.0. The van der Waals surface area contributed by atoms with Crippen LogP contribution in [0.4, 0.5) is 5.69 Å². The Bertz CT molecular complexity index is 1040. The van der Waals surface area contributed by atoms with Gasteiger partial charge in [0.15, 0.2) is 0 Å². The predicted molar refractivity (Wildman–Crippen MR) is 101 cm³/mol. The fourth-order valence-corrected chi connectivity index (χ4v) is 2.60. The smallest absolute Gasteiger partial charge is 0.266 e. The number of rotatable bonds is 4. The molecule has 3 aromatic rings. The summed E-state index contributed by atoms with van der Waals surface area (Å²) in [4.78, 5) is 12.5. The van der Waals surface area contributed by atoms with E-state index >= 15 is 0 Å². The number of amides is 1. The number of carbonyl (C=O) groups is 1. The van der Waals surface area contributed by atoms with Crippen molar-refractivity contribution < 1.29 is 14.6 Å². The lowest BCUT2D eigenvalue weighted by Crippen LogP contribution is -2.13. The molecule has 2 N–H and O–H groups in total. The van der Waals surface area contributed by atoms with Crippen LogP contribution in [0, 0.1) is 11.3 Å². The fraction of sp³-hybridized carbons (Fsp3) is 0.0476. The van der Waals surface area contributed by atoms with E-state index in [1.54, 1.807) is 18.2 Å². The second kappa shape index (κ2) is 7.41. The van der Waals surface area contributed by atoms with Crippen LogP contribution in [0.25, 0.3) is 16.8 Å². The minimum Gasteiger partial charge on any atom is -0.507 e. The first-order chi connectivity index (χ1) is 12.6. The molecule has 0 aliphatic carbocycles. The van der Waals surface area contributed by atoms with Gasteiger partial charge in [-0.2, -0.15) is 5.26 Å². The molecule has 0 fully saturated rings. The maximum absolute atomic E-state index is 12.5. The number of carbonyl (C=O) groups excluding carboxylic acids is 1. The van der Waals surface area contributed by atoms with Crippen LogP contribution in [-0.2, 0) is 4.79 Å². The van der Waals surface area contributed by atoms with Crippen LogP contribution in [0.5, 0.6) is 11.5 Å². The molecule has 0 unspecified atom stereocenters. The van der Waals surface area contributed by atoms with Gasteiger partial charge in [0.2, 0.25) is 0 Å². The van der Waals surface area contributed by atoms with E-state index in [0.29, 0.717) is 17.0 Å². The van der Waals surface area contributed by atoms with Gasteiger partial charge in [-0.15, -0.1) is 0 Å². The molecule has 1 amide bonds. The highest BCUT2D eigenvalue weighted by atomic mass is 16.5. The number of phenols is 1. The van der Waals surface area contributed by atoms with Crippen molar-refractivity contribution in [1.82, 2.24) is 0 Å². The molecular formula is C21H16N2O3. The van der Waals surface area contributed by atoms with Crippen molar-refractivity contribution in [2.75, 3.05) is 12.4 Å². The third-order valence-corrected chi connectivity index (χ3v) is 3.94. The van der Waals surface area contributed by atoms with E-state index in [-0.39, 0.29) is 11.3 Å². The van der Waals surface area contributed by atoms with Crippen molar-refractivity contribution in [1.29, 1.82) is 5.26 Å². The Balaban J connectivity index is 1.94. The molecule has 0 saturated heterocycles. The third kappa shape index (κ3) is 3.50. The van der Waals surface area contributed by atoms with Crippen LogP contribution in [0.2, 0.25) is 0 Å². The van der Waals surface area contributed by atoms with Gasteiger partial charge in [0.25, 0.3) is 5.91 Å². The standard InChI is InChI=1S/C21H16N2O3/c1-26-17-9-10-20(24)15(12-17)11-16(13-22)21(25)23-19-8-4-6-14-5-2-3-7-18(14)19/h2-12,24H,1H3,(H,23,25)/b16-11+. The van der Waals surface area contributed by atoms with Gasteiger partial charge in [-0.3, -0.25) is 4.79 Å². The molecule has 0 radical (unpaired) electrons. The van der Waals surface area contributed by atoms with Crippen molar-refractivity contribution in [3.8, 4) is 17.6 Å². The van der Waals surface area contributed by atoms with E-state index in [4.69, 9.17) is 4.74 Å². The first-order valence-corrected chi connectivity index (χ1v) is 7.90. The van der Waals surface area contributed by atoms with Crippen LogP contribution in [0.1, 0.15) is 5.56 Å². The molecule has 5 heteroatoms. The van der Waals surface area contributed by atoms with Gasteiger partial charge in [-0.1, -0.05) is 36.4 Å². The van der Waals surface area contributed by atoms with Crippen LogP contribution < -0.4 is 10.1 Å². The van der Waals surface area contributed by atoms with E-state index in [9.17, 15) is 15.2 Å². The first kappa shape index (κ1) is 17.1. The van der Waals surface area contributed by atoms with Gasteiger partial charge in [0.1, 0.15) is 23.1 Å². The fourth-order valence-electron chi connectivity index (χ4n) is 2.60. The van der Waals surface area contributed by atoms with Gasteiger partial charge in [0.05, 0.1) is 7.11 Å². The minimum absolute atomic E-state index is 0.0449. The maximum Gasteiger partial charge on any atom is 0.266 e. The molecule has 0 saturated carbocycles. The second-order valence-corrected chi connectivity index (χ2v) is 5.58. The highest BCUT2D eigenvalue weighted by Gasteiger charge is 2.12. The van der Waals surface area contributed by atoms with Crippen molar-refractivity contribution >= 4 is 28.4 Å². The SMILES string of the molecule is COc1ccc(O)c(/C=C(\C#N)C(=O)Nc2cccc3ccccc23)c1. The number of nitriles is 1. The highest BCUT2D eigenvalue weighted by molar-refractivity contribution is 6.13. The summed E-state index contributed by atoms with van der Waals surface area (Å²) in [5, 5.41) is 23.9. The molecule has 0 aromatic heterocycles. The Morgan fingerprint density at radius 3 is 2.69 bits per heavy atom. The maximum atomic E-state index is 12.5. The summed E-state index contributed by atoms with van der Waals surface area (Å²) in [6.45, 7) is 0. The molecule has 0 heterocycles. The number of nitrogens with zero attached hydrogens (tertiary/aromatic N) is 1. The van der Waals surface area contributed by atoms with Crippen molar-refractivity contribution in [3.63, 3.8) is 0 Å². The van der Waals surface area contributed by atoms with Crippen molar-refractivity contribution in [2.45, 2.75) is 0 Å². The molecule has 5 nitrogen and oxygen atoms in total. The lowest BCUT2D eigenvalue weighted by Gasteiger charge is -2.09. The predicted octanol–water partition coefficient (Wildman–Crippen LogP) is 4.10. The topological polar surface area (TPSA) is 82.3 Å². The molecule has 26 heavy (non-hydrogen) atoms. The summed E-state index contributed by atoms with van der Waals surface area (Å²) >= 11 is 0. The number of hydrogen-bond donors (Lipinski definition) is 2.